The molecule has 8 heteroatoms. The largest absolute Gasteiger partial charge is 0.368 e. The molecule has 0 aliphatic rings. The Hall–Kier alpha value is -0.960. The quantitative estimate of drug-likeness (QED) is 0.162. The van der Waals surface area contributed by atoms with Crippen LogP contribution in [-0.4, -0.2) is 48.1 Å². The van der Waals surface area contributed by atoms with Crippen LogP contribution in [0.15, 0.2) is 11.6 Å². The third kappa shape index (κ3) is 5.56. The van der Waals surface area contributed by atoms with E-state index in [1.165, 1.54) is 0 Å². The van der Waals surface area contributed by atoms with Gasteiger partial charge in [-0.2, -0.15) is 8.42 Å². The lowest BCUT2D eigenvalue weighted by molar-refractivity contribution is -0.984. The van der Waals surface area contributed by atoms with Crippen molar-refractivity contribution in [3.05, 3.63) is 11.6 Å². The number of carbonyl (C=O) groups excluding carboxylic acids is 1. The molecule has 0 fully saturated rings. The van der Waals surface area contributed by atoms with Gasteiger partial charge >= 0.3 is 16.1 Å². The van der Waals surface area contributed by atoms with E-state index in [4.69, 9.17) is 9.78 Å². The monoisotopic (exact) mass is 352 g/mol. The second-order valence-electron chi connectivity index (χ2n) is 5.48. The fourth-order valence-electron chi connectivity index (χ4n) is 2.87. The Morgan fingerprint density at radius 1 is 1.22 bits per heavy atom. The van der Waals surface area contributed by atoms with Crippen LogP contribution in [-0.2, 0) is 24.7 Å². The predicted molar refractivity (Wildman–Crippen MR) is 87.7 cm³/mol. The Morgan fingerprint density at radius 2 is 1.74 bits per heavy atom. The second kappa shape index (κ2) is 9.36. The smallest absolute Gasteiger partial charge is 0.287 e. The van der Waals surface area contributed by atoms with Crippen LogP contribution in [0, 0.1) is 0 Å². The first kappa shape index (κ1) is 22.0. The van der Waals surface area contributed by atoms with Gasteiger partial charge in [0, 0.05) is 18.9 Å². The zero-order chi connectivity index (χ0) is 18.3. The number of allylic oxidation sites excluding steroid dienone is 1. The summed E-state index contributed by atoms with van der Waals surface area (Å²) in [6.07, 6.45) is 1.89. The predicted octanol–water partition coefficient (Wildman–Crippen LogP) is 2.64. The summed E-state index contributed by atoms with van der Waals surface area (Å²) in [6.45, 7) is 11.2. The molecule has 136 valence electrons. The van der Waals surface area contributed by atoms with Crippen molar-refractivity contribution < 1.29 is 32.0 Å². The minimum absolute atomic E-state index is 0.0564. The van der Waals surface area contributed by atoms with Gasteiger partial charge in [-0.15, -0.1) is 4.89 Å². The first-order valence-electron chi connectivity index (χ1n) is 7.97. The molecule has 0 aromatic rings. The van der Waals surface area contributed by atoms with Gasteiger partial charge in [0.05, 0.1) is 13.1 Å². The summed E-state index contributed by atoms with van der Waals surface area (Å²) in [7, 11) is -4.27. The van der Waals surface area contributed by atoms with Crippen molar-refractivity contribution in [2.75, 3.05) is 13.1 Å². The van der Waals surface area contributed by atoms with Crippen molar-refractivity contribution in [2.45, 2.75) is 66.0 Å². The first-order chi connectivity index (χ1) is 10.6. The molecule has 0 rings (SSSR count). The molecule has 0 amide bonds. The van der Waals surface area contributed by atoms with E-state index in [1.807, 2.05) is 6.92 Å². The molecule has 0 aliphatic carbocycles. The highest BCUT2D eigenvalue weighted by molar-refractivity contribution is 7.86. The van der Waals surface area contributed by atoms with Crippen molar-refractivity contribution in [1.82, 2.24) is 0 Å². The van der Waals surface area contributed by atoms with Gasteiger partial charge in [0.15, 0.2) is 0 Å². The van der Waals surface area contributed by atoms with Gasteiger partial charge in [-0.25, -0.2) is 4.79 Å². The van der Waals surface area contributed by atoms with Gasteiger partial charge in [-0.1, -0.05) is 19.9 Å². The van der Waals surface area contributed by atoms with Crippen LogP contribution >= 0.6 is 0 Å². The molecule has 23 heavy (non-hydrogen) atoms. The molecule has 0 bridgehead atoms. The number of hydrogen-bond donors (Lipinski definition) is 1. The minimum atomic E-state index is -4.27. The molecule has 0 spiro atoms. The van der Waals surface area contributed by atoms with Gasteiger partial charge in [0.25, 0.3) is 0 Å². The summed E-state index contributed by atoms with van der Waals surface area (Å²) in [6, 6.07) is 0. The van der Waals surface area contributed by atoms with Crippen LogP contribution < -0.4 is 0 Å². The normalized spacial score (nSPS) is 16.0. The van der Waals surface area contributed by atoms with Crippen LogP contribution in [0.3, 0.4) is 0 Å². The molecule has 7 nitrogen and oxygen atoms in total. The average Bonchev–Trinajstić information content (AvgIpc) is 2.48. The molecule has 0 aromatic carbocycles. The van der Waals surface area contributed by atoms with E-state index in [0.29, 0.717) is 25.1 Å². The molecule has 0 aromatic heterocycles. The Kier molecular flexibility index (Phi) is 8.97. The van der Waals surface area contributed by atoms with Crippen LogP contribution in [0.1, 0.15) is 54.4 Å². The SMILES string of the molecule is CCC=C(C)C(=O)OOC(C)[N+](CC)(CC)C(CC)S(=O)(=O)O. The lowest BCUT2D eigenvalue weighted by Gasteiger charge is -2.44. The molecule has 0 radical (unpaired) electrons. The highest BCUT2D eigenvalue weighted by Crippen LogP contribution is 2.26. The minimum Gasteiger partial charge on any atom is -0.287 e. The maximum atomic E-state index is 11.8. The lowest BCUT2D eigenvalue weighted by Crippen LogP contribution is -2.63. The van der Waals surface area contributed by atoms with E-state index < -0.39 is 27.7 Å². The Labute approximate surface area is 139 Å². The van der Waals surface area contributed by atoms with E-state index in [1.54, 1.807) is 40.7 Å². The number of rotatable bonds is 10. The zero-order valence-corrected chi connectivity index (χ0v) is 15.7. The summed E-state index contributed by atoms with van der Waals surface area (Å²) in [5.74, 6) is -0.607. The average molecular weight is 352 g/mol. The van der Waals surface area contributed by atoms with Crippen molar-refractivity contribution in [3.8, 4) is 0 Å². The van der Waals surface area contributed by atoms with Crippen molar-refractivity contribution >= 4 is 16.1 Å². The molecular weight excluding hydrogens is 322 g/mol. The van der Waals surface area contributed by atoms with E-state index in [-0.39, 0.29) is 10.9 Å². The van der Waals surface area contributed by atoms with Gasteiger partial charge in [0.2, 0.25) is 11.6 Å². The van der Waals surface area contributed by atoms with Gasteiger partial charge in [-0.3, -0.25) is 13.9 Å². The van der Waals surface area contributed by atoms with E-state index in [2.05, 4.69) is 0 Å². The third-order valence-electron chi connectivity index (χ3n) is 4.26. The number of nitrogens with zero attached hydrogens (tertiary/aromatic N) is 1. The molecule has 2 atom stereocenters. The Balaban J connectivity index is 5.31. The van der Waals surface area contributed by atoms with Crippen molar-refractivity contribution in [3.63, 3.8) is 0 Å². The number of carbonyl (C=O) groups is 1. The Bertz CT molecular complexity index is 510. The van der Waals surface area contributed by atoms with E-state index in [9.17, 15) is 17.8 Å². The van der Waals surface area contributed by atoms with Crippen LogP contribution in [0.2, 0.25) is 0 Å². The molecule has 0 saturated heterocycles. The molecule has 0 heterocycles. The number of hydrogen-bond acceptors (Lipinski definition) is 5. The Morgan fingerprint density at radius 3 is 2.09 bits per heavy atom. The molecular formula is C15H30NO6S+. The highest BCUT2D eigenvalue weighted by atomic mass is 32.2. The topological polar surface area (TPSA) is 89.9 Å². The molecule has 1 N–H and O–H groups in total. The maximum Gasteiger partial charge on any atom is 0.368 e. The number of quaternary nitrogens is 1. The van der Waals surface area contributed by atoms with Gasteiger partial charge < -0.3 is 0 Å². The summed E-state index contributed by atoms with van der Waals surface area (Å²) in [5, 5.41) is -1.04. The van der Waals surface area contributed by atoms with E-state index in [0.717, 1.165) is 0 Å². The summed E-state index contributed by atoms with van der Waals surface area (Å²) >= 11 is 0. The second-order valence-corrected chi connectivity index (χ2v) is 7.05. The highest BCUT2D eigenvalue weighted by Gasteiger charge is 2.46. The van der Waals surface area contributed by atoms with Gasteiger partial charge in [-0.05, 0) is 27.2 Å². The maximum absolute atomic E-state index is 11.8. The van der Waals surface area contributed by atoms with Crippen LogP contribution in [0.25, 0.3) is 0 Å². The van der Waals surface area contributed by atoms with Crippen LogP contribution in [0.5, 0.6) is 0 Å². The summed E-state index contributed by atoms with van der Waals surface area (Å²) < 4.78 is 32.9. The third-order valence-corrected chi connectivity index (χ3v) is 5.70. The van der Waals surface area contributed by atoms with E-state index >= 15 is 0 Å². The molecule has 0 saturated carbocycles. The summed E-state index contributed by atoms with van der Waals surface area (Å²) in [5.41, 5.74) is 0.424. The lowest BCUT2D eigenvalue weighted by atomic mass is 10.2. The van der Waals surface area contributed by atoms with Crippen molar-refractivity contribution in [1.29, 1.82) is 0 Å². The van der Waals surface area contributed by atoms with Crippen molar-refractivity contribution in [2.24, 2.45) is 0 Å². The fraction of sp³-hybridized carbons (Fsp3) is 0.800. The molecule has 0 aliphatic heterocycles. The zero-order valence-electron chi connectivity index (χ0n) is 14.9. The fourth-order valence-corrected chi connectivity index (χ4v) is 4.29. The standard InChI is InChI=1S/C15H29NO6S/c1-7-11-12(5)15(17)22-21-13(6)16(9-3,10-4)14(8-2)23(18,19)20/h11,13-14H,7-10H2,1-6H3/p+1. The van der Waals surface area contributed by atoms with Crippen LogP contribution in [0.4, 0.5) is 0 Å². The molecule has 2 unspecified atom stereocenters. The van der Waals surface area contributed by atoms with Gasteiger partial charge in [0.1, 0.15) is 0 Å². The first-order valence-corrected chi connectivity index (χ1v) is 9.48. The summed E-state index contributed by atoms with van der Waals surface area (Å²) in [4.78, 5) is 21.8.